The van der Waals surface area contributed by atoms with Gasteiger partial charge in [-0.2, -0.15) is 13.2 Å². The van der Waals surface area contributed by atoms with E-state index < -0.39 is 23.2 Å². The third-order valence-electron chi connectivity index (χ3n) is 4.04. The number of ether oxygens (including phenoxy) is 2. The molecule has 0 bridgehead atoms. The van der Waals surface area contributed by atoms with E-state index >= 15 is 0 Å². The zero-order valence-corrected chi connectivity index (χ0v) is 15.8. The monoisotopic (exact) mass is 375 g/mol. The molecule has 0 saturated heterocycles. The Labute approximate surface area is 153 Å². The molecule has 0 unspecified atom stereocenters. The van der Waals surface area contributed by atoms with Gasteiger partial charge in [-0.1, -0.05) is 26.2 Å². The van der Waals surface area contributed by atoms with Gasteiger partial charge in [0.15, 0.2) is 0 Å². The zero-order valence-electron chi connectivity index (χ0n) is 15.8. The van der Waals surface area contributed by atoms with Crippen LogP contribution in [-0.4, -0.2) is 24.7 Å². The number of hydrogen-bond donors (Lipinski definition) is 1. The summed E-state index contributed by atoms with van der Waals surface area (Å²) in [6.07, 6.45) is -1.31. The third-order valence-corrected chi connectivity index (χ3v) is 4.04. The quantitative estimate of drug-likeness (QED) is 0.556. The molecule has 148 valence electrons. The van der Waals surface area contributed by atoms with Gasteiger partial charge >= 0.3 is 6.18 Å². The van der Waals surface area contributed by atoms with E-state index in [4.69, 9.17) is 9.47 Å². The summed E-state index contributed by atoms with van der Waals surface area (Å²) >= 11 is 0. The lowest BCUT2D eigenvalue weighted by Gasteiger charge is -2.28. The lowest BCUT2D eigenvalue weighted by atomic mass is 9.96. The molecule has 0 aromatic heterocycles. The predicted octanol–water partition coefficient (Wildman–Crippen LogP) is 5.42. The van der Waals surface area contributed by atoms with Crippen LogP contribution < -0.4 is 10.1 Å². The standard InChI is InChI=1S/C19H28F3NO3/c1-5-8-9-12-18(4,26-7-3)17(24)23-14-10-11-16(25-6-2)15(13-14)19(20,21)22/h10-11,13H,5-9,12H2,1-4H3,(H,23,24)/t18-/m1/s1. The summed E-state index contributed by atoms with van der Waals surface area (Å²) in [7, 11) is 0. The molecule has 4 nitrogen and oxygen atoms in total. The van der Waals surface area contributed by atoms with E-state index in [-0.39, 0.29) is 18.0 Å². The molecule has 1 N–H and O–H groups in total. The maximum Gasteiger partial charge on any atom is 0.420 e. The van der Waals surface area contributed by atoms with Crippen molar-refractivity contribution in [1.29, 1.82) is 0 Å². The number of benzene rings is 1. The summed E-state index contributed by atoms with van der Waals surface area (Å²) in [5.74, 6) is -0.707. The molecule has 0 aliphatic carbocycles. The smallest absolute Gasteiger partial charge is 0.420 e. The molecule has 1 rings (SSSR count). The van der Waals surface area contributed by atoms with E-state index in [0.29, 0.717) is 13.0 Å². The molecular weight excluding hydrogens is 347 g/mol. The second-order valence-electron chi connectivity index (χ2n) is 6.22. The molecule has 0 fully saturated rings. The molecule has 26 heavy (non-hydrogen) atoms. The number of hydrogen-bond acceptors (Lipinski definition) is 3. The highest BCUT2D eigenvalue weighted by molar-refractivity contribution is 5.97. The number of unbranched alkanes of at least 4 members (excludes halogenated alkanes) is 2. The fourth-order valence-electron chi connectivity index (χ4n) is 2.66. The number of carbonyl (C=O) groups is 1. The van der Waals surface area contributed by atoms with Crippen molar-refractivity contribution in [2.24, 2.45) is 0 Å². The zero-order chi connectivity index (χ0) is 19.8. The SMILES string of the molecule is CCCCC[C@@](C)(OCC)C(=O)Nc1ccc(OCC)c(C(F)(F)F)c1. The summed E-state index contributed by atoms with van der Waals surface area (Å²) in [5, 5.41) is 2.56. The van der Waals surface area contributed by atoms with E-state index in [1.165, 1.54) is 12.1 Å². The summed E-state index contributed by atoms with van der Waals surface area (Å²) in [4.78, 5) is 12.6. The average Bonchev–Trinajstić information content (AvgIpc) is 2.56. The van der Waals surface area contributed by atoms with Gasteiger partial charge in [0.25, 0.3) is 5.91 Å². The van der Waals surface area contributed by atoms with Crippen LogP contribution in [0.1, 0.15) is 58.9 Å². The molecule has 0 radical (unpaired) electrons. The average molecular weight is 375 g/mol. The van der Waals surface area contributed by atoms with Gasteiger partial charge in [-0.05, 0) is 45.4 Å². The number of rotatable bonds is 10. The van der Waals surface area contributed by atoms with Crippen LogP contribution in [-0.2, 0) is 15.7 Å². The van der Waals surface area contributed by atoms with Crippen molar-refractivity contribution in [2.75, 3.05) is 18.5 Å². The van der Waals surface area contributed by atoms with Crippen LogP contribution in [0, 0.1) is 0 Å². The minimum absolute atomic E-state index is 0.0622. The number of halogens is 3. The maximum atomic E-state index is 13.2. The van der Waals surface area contributed by atoms with Crippen LogP contribution in [0.25, 0.3) is 0 Å². The van der Waals surface area contributed by atoms with E-state index in [0.717, 1.165) is 25.3 Å². The molecule has 1 atom stereocenters. The van der Waals surface area contributed by atoms with Gasteiger partial charge in [-0.25, -0.2) is 0 Å². The van der Waals surface area contributed by atoms with E-state index in [2.05, 4.69) is 12.2 Å². The Morgan fingerprint density at radius 3 is 2.35 bits per heavy atom. The minimum atomic E-state index is -4.57. The van der Waals surface area contributed by atoms with Crippen molar-refractivity contribution >= 4 is 11.6 Å². The number of amides is 1. The van der Waals surface area contributed by atoms with Crippen molar-refractivity contribution in [3.8, 4) is 5.75 Å². The topological polar surface area (TPSA) is 47.6 Å². The second kappa shape index (κ2) is 9.80. The lowest BCUT2D eigenvalue weighted by Crippen LogP contribution is -2.42. The molecule has 1 amide bonds. The first-order valence-electron chi connectivity index (χ1n) is 8.97. The Balaban J connectivity index is 3.02. The predicted molar refractivity (Wildman–Crippen MR) is 95.4 cm³/mol. The normalized spacial score (nSPS) is 14.0. The van der Waals surface area contributed by atoms with E-state index in [9.17, 15) is 18.0 Å². The molecule has 0 saturated carbocycles. The summed E-state index contributed by atoms with van der Waals surface area (Å²) in [5.41, 5.74) is -1.94. The molecule has 1 aromatic rings. The molecule has 0 heterocycles. The first kappa shape index (κ1) is 22.3. The van der Waals surface area contributed by atoms with E-state index in [1.54, 1.807) is 20.8 Å². The van der Waals surface area contributed by atoms with Crippen LogP contribution in [0.3, 0.4) is 0 Å². The summed E-state index contributed by atoms with van der Waals surface area (Å²) in [6.45, 7) is 7.57. The van der Waals surface area contributed by atoms with Crippen molar-refractivity contribution in [3.63, 3.8) is 0 Å². The number of nitrogens with one attached hydrogen (secondary N) is 1. The fourth-order valence-corrected chi connectivity index (χ4v) is 2.66. The number of anilines is 1. The molecular formula is C19H28F3NO3. The van der Waals surface area contributed by atoms with Crippen LogP contribution in [0.15, 0.2) is 18.2 Å². The van der Waals surface area contributed by atoms with Gasteiger partial charge < -0.3 is 14.8 Å². The molecule has 0 aliphatic heterocycles. The number of alkyl halides is 3. The first-order valence-corrected chi connectivity index (χ1v) is 8.97. The van der Waals surface area contributed by atoms with Crippen molar-refractivity contribution in [3.05, 3.63) is 23.8 Å². The minimum Gasteiger partial charge on any atom is -0.493 e. The van der Waals surface area contributed by atoms with Gasteiger partial charge in [-0.15, -0.1) is 0 Å². The van der Waals surface area contributed by atoms with Gasteiger partial charge in [0.1, 0.15) is 11.4 Å². The van der Waals surface area contributed by atoms with Crippen molar-refractivity contribution in [2.45, 2.75) is 65.2 Å². The molecule has 1 aromatic carbocycles. The second-order valence-corrected chi connectivity index (χ2v) is 6.22. The van der Waals surface area contributed by atoms with Crippen LogP contribution in [0.2, 0.25) is 0 Å². The Hall–Kier alpha value is -1.76. The highest BCUT2D eigenvalue weighted by atomic mass is 19.4. The molecule has 0 aliphatic rings. The van der Waals surface area contributed by atoms with Gasteiger partial charge in [-0.3, -0.25) is 4.79 Å². The summed E-state index contributed by atoms with van der Waals surface area (Å²) < 4.78 is 50.3. The largest absolute Gasteiger partial charge is 0.493 e. The van der Waals surface area contributed by atoms with Gasteiger partial charge in [0.05, 0.1) is 12.2 Å². The lowest BCUT2D eigenvalue weighted by molar-refractivity contribution is -0.140. The highest BCUT2D eigenvalue weighted by Gasteiger charge is 2.36. The third kappa shape index (κ3) is 6.20. The van der Waals surface area contributed by atoms with E-state index in [1.807, 2.05) is 0 Å². The Bertz CT molecular complexity index is 590. The molecule has 0 spiro atoms. The maximum absolute atomic E-state index is 13.2. The highest BCUT2D eigenvalue weighted by Crippen LogP contribution is 2.38. The van der Waals surface area contributed by atoms with Crippen molar-refractivity contribution < 1.29 is 27.4 Å². The van der Waals surface area contributed by atoms with Crippen molar-refractivity contribution in [1.82, 2.24) is 0 Å². The Morgan fingerprint density at radius 2 is 1.81 bits per heavy atom. The first-order chi connectivity index (χ1) is 12.2. The Morgan fingerprint density at radius 1 is 1.12 bits per heavy atom. The van der Waals surface area contributed by atoms with Crippen LogP contribution >= 0.6 is 0 Å². The number of carbonyl (C=O) groups excluding carboxylic acids is 1. The molecule has 7 heteroatoms. The fraction of sp³-hybridized carbons (Fsp3) is 0.632. The summed E-state index contributed by atoms with van der Waals surface area (Å²) in [6, 6.07) is 3.51. The van der Waals surface area contributed by atoms with Gasteiger partial charge in [0, 0.05) is 12.3 Å². The van der Waals surface area contributed by atoms with Crippen LogP contribution in [0.4, 0.5) is 18.9 Å². The van der Waals surface area contributed by atoms with Crippen LogP contribution in [0.5, 0.6) is 5.75 Å². The Kier molecular flexibility index (Phi) is 8.40. The van der Waals surface area contributed by atoms with Gasteiger partial charge in [0.2, 0.25) is 0 Å².